The molecular formula is C13H23N3O2S. The molecule has 0 spiro atoms. The van der Waals surface area contributed by atoms with E-state index in [9.17, 15) is 8.42 Å². The molecule has 5 nitrogen and oxygen atoms in total. The van der Waals surface area contributed by atoms with E-state index in [1.807, 2.05) is 20.8 Å². The minimum absolute atomic E-state index is 0.0299. The Hall–Kier alpha value is -1.11. The standard InChI is InChI=1S/C13H23N3O2S/c1-10(14)13(2,3)15-11-6-8-12(9-7-11)19(17,18)16(4)5/h6-10,15H,14H2,1-5H3. The molecule has 0 aliphatic heterocycles. The number of benzene rings is 1. The Labute approximate surface area is 115 Å². The van der Waals surface area contributed by atoms with E-state index in [1.165, 1.54) is 18.4 Å². The monoisotopic (exact) mass is 285 g/mol. The van der Waals surface area contributed by atoms with Crippen LogP contribution in [0.5, 0.6) is 0 Å². The van der Waals surface area contributed by atoms with Gasteiger partial charge in [-0.05, 0) is 45.0 Å². The van der Waals surface area contributed by atoms with Crippen molar-refractivity contribution >= 4 is 15.7 Å². The normalized spacial score (nSPS) is 14.5. The van der Waals surface area contributed by atoms with Crippen molar-refractivity contribution in [2.75, 3.05) is 19.4 Å². The number of anilines is 1. The van der Waals surface area contributed by atoms with Gasteiger partial charge in [-0.15, -0.1) is 0 Å². The van der Waals surface area contributed by atoms with Gasteiger partial charge in [-0.3, -0.25) is 0 Å². The maximum atomic E-state index is 11.9. The van der Waals surface area contributed by atoms with E-state index < -0.39 is 10.0 Å². The Kier molecular flexibility index (Phi) is 4.60. The average Bonchev–Trinajstić information content (AvgIpc) is 2.28. The van der Waals surface area contributed by atoms with Crippen LogP contribution in [0.25, 0.3) is 0 Å². The summed E-state index contributed by atoms with van der Waals surface area (Å²) in [6.45, 7) is 5.93. The van der Waals surface area contributed by atoms with Crippen LogP contribution in [0, 0.1) is 0 Å². The van der Waals surface area contributed by atoms with E-state index in [0.29, 0.717) is 0 Å². The fraction of sp³-hybridized carbons (Fsp3) is 0.538. The van der Waals surface area contributed by atoms with Crippen molar-refractivity contribution < 1.29 is 8.42 Å². The molecule has 0 aliphatic carbocycles. The summed E-state index contributed by atoms with van der Waals surface area (Å²) in [6.07, 6.45) is 0. The molecule has 1 aromatic rings. The average molecular weight is 285 g/mol. The number of hydrogen-bond donors (Lipinski definition) is 2. The Morgan fingerprint density at radius 1 is 1.21 bits per heavy atom. The van der Waals surface area contributed by atoms with E-state index >= 15 is 0 Å². The number of sulfonamides is 1. The molecule has 6 heteroatoms. The van der Waals surface area contributed by atoms with Crippen LogP contribution in [0.1, 0.15) is 20.8 Å². The summed E-state index contributed by atoms with van der Waals surface area (Å²) in [5.41, 5.74) is 6.48. The second-order valence-electron chi connectivity index (χ2n) is 5.45. The zero-order chi connectivity index (χ0) is 14.8. The molecule has 1 unspecified atom stereocenters. The largest absolute Gasteiger partial charge is 0.379 e. The van der Waals surface area contributed by atoms with Crippen molar-refractivity contribution in [3.05, 3.63) is 24.3 Å². The van der Waals surface area contributed by atoms with Crippen LogP contribution in [0.2, 0.25) is 0 Å². The van der Waals surface area contributed by atoms with Crippen LogP contribution >= 0.6 is 0 Å². The van der Waals surface area contributed by atoms with E-state index in [2.05, 4.69) is 5.32 Å². The zero-order valence-corrected chi connectivity index (χ0v) is 13.0. The summed E-state index contributed by atoms with van der Waals surface area (Å²) in [4.78, 5) is 0.279. The quantitative estimate of drug-likeness (QED) is 0.859. The van der Waals surface area contributed by atoms with Gasteiger partial charge < -0.3 is 11.1 Å². The Bertz CT molecular complexity index is 519. The van der Waals surface area contributed by atoms with Gasteiger partial charge in [0.2, 0.25) is 10.0 Å². The maximum Gasteiger partial charge on any atom is 0.242 e. The molecule has 0 saturated heterocycles. The summed E-state index contributed by atoms with van der Waals surface area (Å²) in [7, 11) is -0.344. The van der Waals surface area contributed by atoms with Crippen LogP contribution in [0.15, 0.2) is 29.2 Å². The molecule has 0 radical (unpaired) electrons. The Balaban J connectivity index is 2.96. The van der Waals surface area contributed by atoms with Gasteiger partial charge in [0, 0.05) is 31.4 Å². The number of nitrogens with two attached hydrogens (primary N) is 1. The van der Waals surface area contributed by atoms with Gasteiger partial charge in [-0.2, -0.15) is 0 Å². The highest BCUT2D eigenvalue weighted by Crippen LogP contribution is 2.20. The lowest BCUT2D eigenvalue weighted by molar-refractivity contribution is 0.471. The fourth-order valence-electron chi connectivity index (χ4n) is 1.41. The van der Waals surface area contributed by atoms with Crippen molar-refractivity contribution in [1.82, 2.24) is 4.31 Å². The Morgan fingerprint density at radius 3 is 2.05 bits per heavy atom. The molecule has 1 aromatic carbocycles. The third kappa shape index (κ3) is 3.68. The lowest BCUT2D eigenvalue weighted by atomic mass is 9.96. The first-order chi connectivity index (χ1) is 8.57. The van der Waals surface area contributed by atoms with Gasteiger partial charge in [0.05, 0.1) is 4.90 Å². The number of nitrogens with one attached hydrogen (secondary N) is 1. The summed E-state index contributed by atoms with van der Waals surface area (Å²) >= 11 is 0. The van der Waals surface area contributed by atoms with E-state index in [4.69, 9.17) is 5.73 Å². The van der Waals surface area contributed by atoms with Crippen LogP contribution in [-0.2, 0) is 10.0 Å². The highest BCUT2D eigenvalue weighted by molar-refractivity contribution is 7.89. The van der Waals surface area contributed by atoms with Crippen molar-refractivity contribution in [2.45, 2.75) is 37.2 Å². The van der Waals surface area contributed by atoms with Crippen molar-refractivity contribution in [1.29, 1.82) is 0 Å². The number of hydrogen-bond acceptors (Lipinski definition) is 4. The second-order valence-corrected chi connectivity index (χ2v) is 7.60. The van der Waals surface area contributed by atoms with Crippen LogP contribution in [-0.4, -0.2) is 38.4 Å². The molecule has 0 amide bonds. The molecule has 1 rings (SSSR count). The highest BCUT2D eigenvalue weighted by Gasteiger charge is 2.23. The SMILES string of the molecule is CC(N)C(C)(C)Nc1ccc(S(=O)(=O)N(C)C)cc1. The molecule has 0 bridgehead atoms. The van der Waals surface area contributed by atoms with Crippen LogP contribution in [0.4, 0.5) is 5.69 Å². The first kappa shape index (κ1) is 15.9. The van der Waals surface area contributed by atoms with E-state index in [0.717, 1.165) is 5.69 Å². The molecule has 0 fully saturated rings. The molecule has 3 N–H and O–H groups in total. The highest BCUT2D eigenvalue weighted by atomic mass is 32.2. The zero-order valence-electron chi connectivity index (χ0n) is 12.1. The Morgan fingerprint density at radius 2 is 1.68 bits per heavy atom. The molecule has 0 aromatic heterocycles. The third-order valence-corrected chi connectivity index (χ3v) is 5.07. The molecule has 0 heterocycles. The second kappa shape index (κ2) is 5.48. The summed E-state index contributed by atoms with van der Waals surface area (Å²) < 4.78 is 25.0. The molecule has 1 atom stereocenters. The lowest BCUT2D eigenvalue weighted by Gasteiger charge is -2.31. The van der Waals surface area contributed by atoms with Gasteiger partial charge in [0.1, 0.15) is 0 Å². The predicted octanol–water partition coefficient (Wildman–Crippen LogP) is 1.47. The van der Waals surface area contributed by atoms with Gasteiger partial charge in [0.15, 0.2) is 0 Å². The smallest absolute Gasteiger partial charge is 0.242 e. The van der Waals surface area contributed by atoms with Gasteiger partial charge in [-0.25, -0.2) is 12.7 Å². The number of rotatable bonds is 5. The van der Waals surface area contributed by atoms with Crippen molar-refractivity contribution in [3.8, 4) is 0 Å². The molecule has 19 heavy (non-hydrogen) atoms. The van der Waals surface area contributed by atoms with Crippen molar-refractivity contribution in [3.63, 3.8) is 0 Å². The van der Waals surface area contributed by atoms with Crippen LogP contribution in [0.3, 0.4) is 0 Å². The topological polar surface area (TPSA) is 75.4 Å². The summed E-state index contributed by atoms with van der Waals surface area (Å²) in [5, 5.41) is 3.29. The molecule has 0 aliphatic rings. The maximum absolute atomic E-state index is 11.9. The van der Waals surface area contributed by atoms with Gasteiger partial charge in [0.25, 0.3) is 0 Å². The molecule has 108 valence electrons. The fourth-order valence-corrected chi connectivity index (χ4v) is 2.31. The van der Waals surface area contributed by atoms with Gasteiger partial charge >= 0.3 is 0 Å². The first-order valence-corrected chi connectivity index (χ1v) is 7.58. The summed E-state index contributed by atoms with van der Waals surface area (Å²) in [5.74, 6) is 0. The summed E-state index contributed by atoms with van der Waals surface area (Å²) in [6, 6.07) is 6.66. The van der Waals surface area contributed by atoms with Crippen molar-refractivity contribution in [2.24, 2.45) is 5.73 Å². The van der Waals surface area contributed by atoms with E-state index in [1.54, 1.807) is 24.3 Å². The van der Waals surface area contributed by atoms with Gasteiger partial charge in [-0.1, -0.05) is 0 Å². The number of nitrogens with zero attached hydrogens (tertiary/aromatic N) is 1. The molecule has 0 saturated carbocycles. The van der Waals surface area contributed by atoms with Crippen LogP contribution < -0.4 is 11.1 Å². The molecular weight excluding hydrogens is 262 g/mol. The lowest BCUT2D eigenvalue weighted by Crippen LogP contribution is -2.47. The first-order valence-electron chi connectivity index (χ1n) is 6.14. The minimum Gasteiger partial charge on any atom is -0.379 e. The predicted molar refractivity (Wildman–Crippen MR) is 78.7 cm³/mol. The third-order valence-electron chi connectivity index (χ3n) is 3.24. The van der Waals surface area contributed by atoms with E-state index in [-0.39, 0.29) is 16.5 Å². The minimum atomic E-state index is -3.37.